The zero-order chi connectivity index (χ0) is 11.2. The molecule has 5 nitrogen and oxygen atoms in total. The molecule has 1 aliphatic carbocycles. The summed E-state index contributed by atoms with van der Waals surface area (Å²) in [6.07, 6.45) is 5.29. The van der Waals surface area contributed by atoms with Gasteiger partial charge in [0.05, 0.1) is 6.61 Å². The van der Waals surface area contributed by atoms with Gasteiger partial charge in [0.1, 0.15) is 0 Å². The third-order valence-corrected chi connectivity index (χ3v) is 2.61. The summed E-state index contributed by atoms with van der Waals surface area (Å²) in [7, 11) is 1.67. The topological polar surface area (TPSA) is 60.2 Å². The van der Waals surface area contributed by atoms with E-state index in [2.05, 4.69) is 15.5 Å². The van der Waals surface area contributed by atoms with Crippen molar-refractivity contribution in [3.63, 3.8) is 0 Å². The van der Waals surface area contributed by atoms with Crippen molar-refractivity contribution in [2.24, 2.45) is 0 Å². The number of aromatic nitrogens is 2. The molecule has 16 heavy (non-hydrogen) atoms. The van der Waals surface area contributed by atoms with Crippen LogP contribution in [-0.2, 0) is 17.6 Å². The van der Waals surface area contributed by atoms with Crippen LogP contribution in [0.3, 0.4) is 0 Å². The van der Waals surface area contributed by atoms with E-state index in [1.54, 1.807) is 7.11 Å². The normalized spacial score (nSPS) is 15.6. The van der Waals surface area contributed by atoms with Gasteiger partial charge in [-0.05, 0) is 25.8 Å². The number of hydrogen-bond donors (Lipinski definition) is 1. The van der Waals surface area contributed by atoms with Crippen LogP contribution in [0.25, 0.3) is 0 Å². The van der Waals surface area contributed by atoms with E-state index in [0.29, 0.717) is 18.9 Å². The van der Waals surface area contributed by atoms with Crippen LogP contribution < -0.4 is 5.32 Å². The van der Waals surface area contributed by atoms with Gasteiger partial charge in [-0.3, -0.25) is 0 Å². The number of rotatable bonds is 8. The second kappa shape index (κ2) is 5.96. The highest BCUT2D eigenvalue weighted by molar-refractivity contribution is 4.84. The summed E-state index contributed by atoms with van der Waals surface area (Å²) >= 11 is 0. The monoisotopic (exact) mass is 225 g/mol. The van der Waals surface area contributed by atoms with Gasteiger partial charge in [-0.25, -0.2) is 0 Å². The molecule has 1 aromatic rings. The number of ether oxygens (including phenoxy) is 1. The van der Waals surface area contributed by atoms with Crippen LogP contribution in [0.15, 0.2) is 4.42 Å². The van der Waals surface area contributed by atoms with E-state index in [0.717, 1.165) is 31.3 Å². The van der Waals surface area contributed by atoms with Crippen LogP contribution in [0.4, 0.5) is 0 Å². The molecule has 2 rings (SSSR count). The van der Waals surface area contributed by atoms with Crippen molar-refractivity contribution >= 4 is 0 Å². The van der Waals surface area contributed by atoms with Crippen molar-refractivity contribution in [2.75, 3.05) is 20.3 Å². The van der Waals surface area contributed by atoms with E-state index in [4.69, 9.17) is 9.15 Å². The first-order valence-corrected chi connectivity index (χ1v) is 5.92. The molecule has 0 aromatic carbocycles. The minimum Gasteiger partial charge on any atom is -0.425 e. The largest absolute Gasteiger partial charge is 0.425 e. The fourth-order valence-electron chi connectivity index (χ4n) is 1.51. The highest BCUT2D eigenvalue weighted by atomic mass is 16.5. The first-order valence-electron chi connectivity index (χ1n) is 5.92. The van der Waals surface area contributed by atoms with Crippen molar-refractivity contribution in [3.05, 3.63) is 11.8 Å². The van der Waals surface area contributed by atoms with E-state index in [1.807, 2.05) is 0 Å². The molecule has 1 heterocycles. The van der Waals surface area contributed by atoms with E-state index < -0.39 is 0 Å². The number of hydrogen-bond acceptors (Lipinski definition) is 5. The number of nitrogens with zero attached hydrogens (tertiary/aromatic N) is 2. The summed E-state index contributed by atoms with van der Waals surface area (Å²) in [5, 5.41) is 11.4. The molecule has 0 spiro atoms. The molecule has 90 valence electrons. The Bertz CT molecular complexity index is 310. The molecule has 0 unspecified atom stereocenters. The molecule has 1 aliphatic rings. The summed E-state index contributed by atoms with van der Waals surface area (Å²) in [5.74, 6) is 1.41. The zero-order valence-electron chi connectivity index (χ0n) is 9.74. The minimum atomic E-state index is 0.630. The zero-order valence-corrected chi connectivity index (χ0v) is 9.74. The highest BCUT2D eigenvalue weighted by Gasteiger charge is 2.19. The van der Waals surface area contributed by atoms with Gasteiger partial charge in [-0.2, -0.15) is 0 Å². The Morgan fingerprint density at radius 1 is 1.31 bits per heavy atom. The standard InChI is InChI=1S/C11H19N3O2/c1-15-8-6-11-14-13-10(16-11)3-2-7-12-9-4-5-9/h9,12H,2-8H2,1H3. The van der Waals surface area contributed by atoms with E-state index >= 15 is 0 Å². The summed E-state index contributed by atoms with van der Waals surface area (Å²) in [5.41, 5.74) is 0. The van der Waals surface area contributed by atoms with Crippen molar-refractivity contribution in [2.45, 2.75) is 38.1 Å². The third-order valence-electron chi connectivity index (χ3n) is 2.61. The lowest BCUT2D eigenvalue weighted by atomic mass is 10.3. The van der Waals surface area contributed by atoms with Gasteiger partial charge >= 0.3 is 0 Å². The van der Waals surface area contributed by atoms with Gasteiger partial charge in [0.2, 0.25) is 11.8 Å². The smallest absolute Gasteiger partial charge is 0.218 e. The van der Waals surface area contributed by atoms with Crippen LogP contribution in [0.1, 0.15) is 31.0 Å². The maximum Gasteiger partial charge on any atom is 0.218 e. The van der Waals surface area contributed by atoms with E-state index in [9.17, 15) is 0 Å². The van der Waals surface area contributed by atoms with Crippen molar-refractivity contribution in [1.29, 1.82) is 0 Å². The first-order chi connectivity index (χ1) is 7.88. The summed E-state index contributed by atoms with van der Waals surface area (Å²) in [6.45, 7) is 1.67. The first kappa shape index (κ1) is 11.5. The van der Waals surface area contributed by atoms with Gasteiger partial charge < -0.3 is 14.5 Å². The maximum absolute atomic E-state index is 5.48. The quantitative estimate of drug-likeness (QED) is 0.667. The highest BCUT2D eigenvalue weighted by Crippen LogP contribution is 2.18. The van der Waals surface area contributed by atoms with Crippen LogP contribution in [-0.4, -0.2) is 36.5 Å². The Balaban J connectivity index is 1.61. The van der Waals surface area contributed by atoms with Crippen LogP contribution in [0, 0.1) is 0 Å². The van der Waals surface area contributed by atoms with Crippen LogP contribution in [0.5, 0.6) is 0 Å². The molecular weight excluding hydrogens is 206 g/mol. The van der Waals surface area contributed by atoms with E-state index in [-0.39, 0.29) is 0 Å². The SMILES string of the molecule is COCCc1nnc(CCCNC2CC2)o1. The van der Waals surface area contributed by atoms with Crippen molar-refractivity contribution in [3.8, 4) is 0 Å². The van der Waals surface area contributed by atoms with Crippen molar-refractivity contribution < 1.29 is 9.15 Å². The Morgan fingerprint density at radius 3 is 2.75 bits per heavy atom. The Morgan fingerprint density at radius 2 is 2.06 bits per heavy atom. The van der Waals surface area contributed by atoms with Crippen LogP contribution in [0.2, 0.25) is 0 Å². The number of aryl methyl sites for hydroxylation is 1. The second-order valence-corrected chi connectivity index (χ2v) is 4.16. The Hall–Kier alpha value is -0.940. The average Bonchev–Trinajstić information content (AvgIpc) is 3.01. The molecule has 0 amide bonds. The molecule has 1 fully saturated rings. The summed E-state index contributed by atoms with van der Waals surface area (Å²) in [6, 6.07) is 0.778. The lowest BCUT2D eigenvalue weighted by Gasteiger charge is -1.99. The lowest BCUT2D eigenvalue weighted by Crippen LogP contribution is -2.17. The molecule has 1 N–H and O–H groups in total. The predicted octanol–water partition coefficient (Wildman–Crippen LogP) is 0.943. The minimum absolute atomic E-state index is 0.630. The van der Waals surface area contributed by atoms with Gasteiger partial charge in [-0.1, -0.05) is 0 Å². The molecule has 0 radical (unpaired) electrons. The van der Waals surface area contributed by atoms with Gasteiger partial charge in [-0.15, -0.1) is 10.2 Å². The fourth-order valence-corrected chi connectivity index (χ4v) is 1.51. The Labute approximate surface area is 95.6 Å². The lowest BCUT2D eigenvalue weighted by molar-refractivity contribution is 0.194. The maximum atomic E-state index is 5.48. The van der Waals surface area contributed by atoms with Gasteiger partial charge in [0.25, 0.3) is 0 Å². The van der Waals surface area contributed by atoms with Gasteiger partial charge in [0.15, 0.2) is 0 Å². The van der Waals surface area contributed by atoms with Crippen LogP contribution >= 0.6 is 0 Å². The number of nitrogens with one attached hydrogen (secondary N) is 1. The molecule has 1 saturated carbocycles. The molecule has 0 atom stereocenters. The molecule has 0 bridgehead atoms. The van der Waals surface area contributed by atoms with E-state index in [1.165, 1.54) is 12.8 Å². The second-order valence-electron chi connectivity index (χ2n) is 4.16. The summed E-state index contributed by atoms with van der Waals surface area (Å²) in [4.78, 5) is 0. The summed E-state index contributed by atoms with van der Waals surface area (Å²) < 4.78 is 10.4. The van der Waals surface area contributed by atoms with Gasteiger partial charge in [0, 0.05) is 26.0 Å². The predicted molar refractivity (Wildman–Crippen MR) is 59.2 cm³/mol. The average molecular weight is 225 g/mol. The fraction of sp³-hybridized carbons (Fsp3) is 0.818. The third kappa shape index (κ3) is 3.90. The number of methoxy groups -OCH3 is 1. The molecular formula is C11H19N3O2. The van der Waals surface area contributed by atoms with Crippen molar-refractivity contribution in [1.82, 2.24) is 15.5 Å². The molecule has 0 saturated heterocycles. The molecule has 1 aromatic heterocycles. The molecule has 0 aliphatic heterocycles. The Kier molecular flexibility index (Phi) is 4.30. The molecule has 5 heteroatoms.